The van der Waals surface area contributed by atoms with Crippen molar-refractivity contribution in [2.45, 2.75) is 6.92 Å². The number of rotatable bonds is 2. The maximum Gasteiger partial charge on any atom is 0.135 e. The van der Waals surface area contributed by atoms with Crippen LogP contribution >= 0.6 is 0 Å². The standard InChI is InChI=1S/C17H18N4/c1-13-6-4-5-7-17(13)21-11-15(10-20(2)3)16(12-21)14(8-18)9-19/h4-7,10H,11-12H2,1-3H3. The van der Waals surface area contributed by atoms with Crippen molar-refractivity contribution in [2.24, 2.45) is 0 Å². The molecule has 0 unspecified atom stereocenters. The van der Waals surface area contributed by atoms with E-state index in [-0.39, 0.29) is 5.57 Å². The second kappa shape index (κ2) is 6.15. The Kier molecular flexibility index (Phi) is 4.30. The van der Waals surface area contributed by atoms with E-state index in [1.54, 1.807) is 0 Å². The van der Waals surface area contributed by atoms with E-state index in [4.69, 9.17) is 10.5 Å². The Morgan fingerprint density at radius 3 is 2.43 bits per heavy atom. The molecule has 0 saturated carbocycles. The van der Waals surface area contributed by atoms with Crippen LogP contribution in [0, 0.1) is 29.6 Å². The summed E-state index contributed by atoms with van der Waals surface area (Å²) in [4.78, 5) is 4.15. The van der Waals surface area contributed by atoms with E-state index >= 15 is 0 Å². The molecule has 0 radical (unpaired) electrons. The van der Waals surface area contributed by atoms with Crippen LogP contribution in [-0.4, -0.2) is 32.1 Å². The molecule has 0 atom stereocenters. The molecule has 0 aromatic heterocycles. The summed E-state index contributed by atoms with van der Waals surface area (Å²) in [5.74, 6) is 0. The quantitative estimate of drug-likeness (QED) is 0.780. The fourth-order valence-electron chi connectivity index (χ4n) is 2.57. The van der Waals surface area contributed by atoms with Gasteiger partial charge in [-0.1, -0.05) is 18.2 Å². The van der Waals surface area contributed by atoms with Crippen LogP contribution in [0.15, 0.2) is 47.2 Å². The van der Waals surface area contributed by atoms with Crippen LogP contribution in [0.4, 0.5) is 5.69 Å². The second-order valence-corrected chi connectivity index (χ2v) is 5.34. The van der Waals surface area contributed by atoms with Gasteiger partial charge < -0.3 is 9.80 Å². The Bertz CT molecular complexity index is 667. The molecule has 1 aromatic rings. The van der Waals surface area contributed by atoms with Crippen molar-refractivity contribution in [3.63, 3.8) is 0 Å². The highest BCUT2D eigenvalue weighted by molar-refractivity contribution is 5.63. The first-order valence-corrected chi connectivity index (χ1v) is 6.78. The van der Waals surface area contributed by atoms with Gasteiger partial charge in [-0.3, -0.25) is 0 Å². The molecule has 0 amide bonds. The summed E-state index contributed by atoms with van der Waals surface area (Å²) in [6.07, 6.45) is 1.99. The summed E-state index contributed by atoms with van der Waals surface area (Å²) in [7, 11) is 3.89. The van der Waals surface area contributed by atoms with Gasteiger partial charge in [0.05, 0.1) is 0 Å². The average molecular weight is 278 g/mol. The number of hydrogen-bond donors (Lipinski definition) is 0. The summed E-state index contributed by atoms with van der Waals surface area (Å²) < 4.78 is 0. The first kappa shape index (κ1) is 14.7. The number of nitriles is 2. The molecule has 0 N–H and O–H groups in total. The summed E-state index contributed by atoms with van der Waals surface area (Å²) in [6.45, 7) is 3.38. The minimum absolute atomic E-state index is 0.208. The van der Waals surface area contributed by atoms with Gasteiger partial charge in [0.15, 0.2) is 0 Å². The summed E-state index contributed by atoms with van der Waals surface area (Å²) in [6, 6.07) is 12.2. The van der Waals surface area contributed by atoms with E-state index in [1.807, 2.05) is 49.5 Å². The van der Waals surface area contributed by atoms with Crippen LogP contribution < -0.4 is 4.90 Å². The van der Waals surface area contributed by atoms with Crippen molar-refractivity contribution < 1.29 is 0 Å². The van der Waals surface area contributed by atoms with Gasteiger partial charge >= 0.3 is 0 Å². The lowest BCUT2D eigenvalue weighted by molar-refractivity contribution is 0.559. The van der Waals surface area contributed by atoms with Crippen molar-refractivity contribution in [1.29, 1.82) is 10.5 Å². The predicted octanol–water partition coefficient (Wildman–Crippen LogP) is 2.60. The van der Waals surface area contributed by atoms with Gasteiger partial charge in [0.25, 0.3) is 0 Å². The molecule has 1 aliphatic heterocycles. The molecule has 4 heteroatoms. The number of benzene rings is 1. The largest absolute Gasteiger partial charge is 0.383 e. The number of para-hydroxylation sites is 1. The van der Waals surface area contributed by atoms with Gasteiger partial charge in [-0.25, -0.2) is 0 Å². The fourth-order valence-corrected chi connectivity index (χ4v) is 2.57. The molecule has 1 heterocycles. The zero-order chi connectivity index (χ0) is 15.4. The Morgan fingerprint density at radius 1 is 1.19 bits per heavy atom. The van der Waals surface area contributed by atoms with E-state index in [2.05, 4.69) is 24.0 Å². The fraction of sp³-hybridized carbons (Fsp3) is 0.294. The molecule has 4 nitrogen and oxygen atoms in total. The lowest BCUT2D eigenvalue weighted by Gasteiger charge is -2.19. The number of anilines is 1. The van der Waals surface area contributed by atoms with Crippen LogP contribution in [0.5, 0.6) is 0 Å². The molecule has 0 bridgehead atoms. The van der Waals surface area contributed by atoms with E-state index in [0.717, 1.165) is 16.8 Å². The molecular weight excluding hydrogens is 260 g/mol. The molecule has 2 rings (SSSR count). The molecule has 21 heavy (non-hydrogen) atoms. The highest BCUT2D eigenvalue weighted by Gasteiger charge is 2.26. The van der Waals surface area contributed by atoms with Gasteiger partial charge in [-0.2, -0.15) is 10.5 Å². The predicted molar refractivity (Wildman–Crippen MR) is 83.4 cm³/mol. The topological polar surface area (TPSA) is 54.1 Å². The molecule has 1 fully saturated rings. The summed E-state index contributed by atoms with van der Waals surface area (Å²) in [5, 5.41) is 18.3. The maximum atomic E-state index is 9.16. The van der Waals surface area contributed by atoms with Crippen molar-refractivity contribution in [2.75, 3.05) is 32.1 Å². The van der Waals surface area contributed by atoms with Crippen LogP contribution in [0.1, 0.15) is 5.56 Å². The van der Waals surface area contributed by atoms with Crippen LogP contribution in [0.2, 0.25) is 0 Å². The lowest BCUT2D eigenvalue weighted by Crippen LogP contribution is -2.19. The normalized spacial score (nSPS) is 15.8. The summed E-state index contributed by atoms with van der Waals surface area (Å²) in [5.41, 5.74) is 4.41. The van der Waals surface area contributed by atoms with Crippen molar-refractivity contribution >= 4 is 5.69 Å². The minimum Gasteiger partial charge on any atom is -0.383 e. The summed E-state index contributed by atoms with van der Waals surface area (Å²) >= 11 is 0. The van der Waals surface area contributed by atoms with Gasteiger partial charge in [-0.05, 0) is 24.1 Å². The maximum absolute atomic E-state index is 9.16. The van der Waals surface area contributed by atoms with Gasteiger partial charge in [0.1, 0.15) is 17.7 Å². The Labute approximate surface area is 125 Å². The van der Waals surface area contributed by atoms with Crippen molar-refractivity contribution in [3.05, 3.63) is 52.7 Å². The van der Waals surface area contributed by atoms with Crippen LogP contribution in [-0.2, 0) is 0 Å². The third-order valence-corrected chi connectivity index (χ3v) is 3.49. The Hall–Kier alpha value is -2.72. The van der Waals surface area contributed by atoms with Gasteiger partial charge in [0, 0.05) is 44.6 Å². The van der Waals surface area contributed by atoms with E-state index in [9.17, 15) is 0 Å². The van der Waals surface area contributed by atoms with Crippen LogP contribution in [0.3, 0.4) is 0 Å². The SMILES string of the molecule is Cc1ccccc1N1CC(=CN(C)C)C(=C(C#N)C#N)C1. The molecule has 106 valence electrons. The molecule has 1 aromatic carbocycles. The number of aryl methyl sites for hydroxylation is 1. The Balaban J connectivity index is 2.46. The number of hydrogen-bond acceptors (Lipinski definition) is 4. The highest BCUT2D eigenvalue weighted by Crippen LogP contribution is 2.31. The second-order valence-electron chi connectivity index (χ2n) is 5.34. The molecular formula is C17H18N4. The smallest absolute Gasteiger partial charge is 0.135 e. The van der Waals surface area contributed by atoms with Crippen LogP contribution in [0.25, 0.3) is 0 Å². The first-order valence-electron chi connectivity index (χ1n) is 6.78. The molecule has 0 aliphatic carbocycles. The van der Waals surface area contributed by atoms with Crippen molar-refractivity contribution in [1.82, 2.24) is 4.90 Å². The van der Waals surface area contributed by atoms with E-state index < -0.39 is 0 Å². The number of nitrogens with zero attached hydrogens (tertiary/aromatic N) is 4. The molecule has 1 saturated heterocycles. The first-order chi connectivity index (χ1) is 10.1. The minimum atomic E-state index is 0.208. The average Bonchev–Trinajstić information content (AvgIpc) is 2.84. The van der Waals surface area contributed by atoms with Gasteiger partial charge in [-0.15, -0.1) is 0 Å². The molecule has 1 aliphatic rings. The van der Waals surface area contributed by atoms with E-state index in [1.165, 1.54) is 5.56 Å². The third kappa shape index (κ3) is 3.07. The van der Waals surface area contributed by atoms with Gasteiger partial charge in [0.2, 0.25) is 0 Å². The third-order valence-electron chi connectivity index (χ3n) is 3.49. The highest BCUT2D eigenvalue weighted by atomic mass is 15.2. The Morgan fingerprint density at radius 2 is 1.86 bits per heavy atom. The van der Waals surface area contributed by atoms with Crippen molar-refractivity contribution in [3.8, 4) is 12.1 Å². The lowest BCUT2D eigenvalue weighted by atomic mass is 10.1. The number of allylic oxidation sites excluding steroid dienone is 1. The monoisotopic (exact) mass is 278 g/mol. The zero-order valence-corrected chi connectivity index (χ0v) is 12.6. The van der Waals surface area contributed by atoms with E-state index in [0.29, 0.717) is 13.1 Å². The zero-order valence-electron chi connectivity index (χ0n) is 12.6. The molecule has 0 spiro atoms.